The van der Waals surface area contributed by atoms with Gasteiger partial charge in [0.15, 0.2) is 5.96 Å². The second-order valence-corrected chi connectivity index (χ2v) is 7.49. The van der Waals surface area contributed by atoms with Gasteiger partial charge in [0.25, 0.3) is 0 Å². The van der Waals surface area contributed by atoms with E-state index in [1.807, 2.05) is 48.5 Å². The molecular formula is C21H24ClN5O2. The molecule has 4 rings (SSSR count). The maximum absolute atomic E-state index is 11.6. The molecule has 1 amide bonds. The average molecular weight is 414 g/mol. The second-order valence-electron chi connectivity index (χ2n) is 7.06. The van der Waals surface area contributed by atoms with Crippen LogP contribution in [-0.2, 0) is 11.3 Å². The predicted molar refractivity (Wildman–Crippen MR) is 116 cm³/mol. The fourth-order valence-electron chi connectivity index (χ4n) is 3.53. The minimum atomic E-state index is -0.294. The van der Waals surface area contributed by atoms with Crippen LogP contribution in [0.5, 0.6) is 0 Å². The van der Waals surface area contributed by atoms with Crippen molar-refractivity contribution in [3.63, 3.8) is 0 Å². The van der Waals surface area contributed by atoms with Crippen molar-refractivity contribution in [2.24, 2.45) is 10.7 Å². The lowest BCUT2D eigenvalue weighted by molar-refractivity contribution is 0.181. The number of amides is 1. The molecule has 7 nitrogen and oxygen atoms in total. The molecule has 2 saturated heterocycles. The first-order chi connectivity index (χ1) is 14.1. The molecule has 0 atom stereocenters. The normalized spacial score (nSPS) is 17.6. The van der Waals surface area contributed by atoms with Gasteiger partial charge in [0.2, 0.25) is 0 Å². The molecule has 2 aliphatic rings. The maximum atomic E-state index is 11.6. The lowest BCUT2D eigenvalue weighted by Gasteiger charge is -2.36. The van der Waals surface area contributed by atoms with Crippen LogP contribution in [0.25, 0.3) is 0 Å². The van der Waals surface area contributed by atoms with Crippen molar-refractivity contribution in [2.45, 2.75) is 6.54 Å². The molecule has 2 fully saturated rings. The summed E-state index contributed by atoms with van der Waals surface area (Å²) in [7, 11) is 0. The van der Waals surface area contributed by atoms with Crippen LogP contribution in [0.4, 0.5) is 16.2 Å². The van der Waals surface area contributed by atoms with Gasteiger partial charge in [-0.3, -0.25) is 4.90 Å². The molecule has 0 spiro atoms. The van der Waals surface area contributed by atoms with E-state index in [4.69, 9.17) is 22.1 Å². The number of hydrogen-bond acceptors (Lipinski definition) is 4. The third kappa shape index (κ3) is 4.56. The molecular weight excluding hydrogens is 390 g/mol. The lowest BCUT2D eigenvalue weighted by atomic mass is 10.2. The Hall–Kier alpha value is -2.93. The van der Waals surface area contributed by atoms with E-state index in [1.165, 1.54) is 5.69 Å². The lowest BCUT2D eigenvalue weighted by Crippen LogP contribution is -2.51. The Labute approximate surface area is 175 Å². The van der Waals surface area contributed by atoms with Crippen molar-refractivity contribution < 1.29 is 9.53 Å². The van der Waals surface area contributed by atoms with Crippen molar-refractivity contribution in [2.75, 3.05) is 49.1 Å². The number of benzene rings is 2. The van der Waals surface area contributed by atoms with Crippen molar-refractivity contribution in [1.29, 1.82) is 0 Å². The molecule has 0 unspecified atom stereocenters. The SMILES string of the molecule is NC(=NCc1ccc(N2CCOC2=O)cc1)N1CCN(c2ccc(Cl)cc2)CC1. The number of guanidine groups is 1. The average Bonchev–Trinajstić information content (AvgIpc) is 3.19. The summed E-state index contributed by atoms with van der Waals surface area (Å²) in [5.41, 5.74) is 9.28. The zero-order chi connectivity index (χ0) is 20.2. The van der Waals surface area contributed by atoms with E-state index in [2.05, 4.69) is 14.8 Å². The van der Waals surface area contributed by atoms with Gasteiger partial charge in [-0.1, -0.05) is 23.7 Å². The van der Waals surface area contributed by atoms with Gasteiger partial charge in [0.1, 0.15) is 6.61 Å². The number of halogens is 1. The van der Waals surface area contributed by atoms with Crippen LogP contribution >= 0.6 is 11.6 Å². The Morgan fingerprint density at radius 2 is 1.62 bits per heavy atom. The van der Waals surface area contributed by atoms with Gasteiger partial charge in [0.05, 0.1) is 13.1 Å². The van der Waals surface area contributed by atoms with Crippen LogP contribution in [0.15, 0.2) is 53.5 Å². The van der Waals surface area contributed by atoms with E-state index in [0.29, 0.717) is 25.7 Å². The number of hydrogen-bond donors (Lipinski definition) is 1. The topological polar surface area (TPSA) is 74.4 Å². The number of carbonyl (C=O) groups is 1. The molecule has 2 heterocycles. The second kappa shape index (κ2) is 8.61. The Bertz CT molecular complexity index is 877. The van der Waals surface area contributed by atoms with Crippen molar-refractivity contribution >= 4 is 35.0 Å². The number of anilines is 2. The summed E-state index contributed by atoms with van der Waals surface area (Å²) in [6.07, 6.45) is -0.294. The number of nitrogens with zero attached hydrogens (tertiary/aromatic N) is 4. The standard InChI is InChI=1S/C21H24ClN5O2/c22-17-3-7-18(8-4-17)25-9-11-26(12-10-25)20(23)24-15-16-1-5-19(6-2-16)27-13-14-29-21(27)28/h1-8H,9-15H2,(H2,23,24). The summed E-state index contributed by atoms with van der Waals surface area (Å²) < 4.78 is 4.97. The fraction of sp³-hybridized carbons (Fsp3) is 0.333. The fourth-order valence-corrected chi connectivity index (χ4v) is 3.65. The van der Waals surface area contributed by atoms with Gasteiger partial charge in [-0.15, -0.1) is 0 Å². The number of ether oxygens (including phenoxy) is 1. The van der Waals surface area contributed by atoms with Gasteiger partial charge >= 0.3 is 6.09 Å². The zero-order valence-corrected chi connectivity index (χ0v) is 16.9. The van der Waals surface area contributed by atoms with E-state index in [-0.39, 0.29) is 6.09 Å². The Morgan fingerprint density at radius 1 is 0.966 bits per heavy atom. The summed E-state index contributed by atoms with van der Waals surface area (Å²) in [5.74, 6) is 0.563. The zero-order valence-electron chi connectivity index (χ0n) is 16.1. The summed E-state index contributed by atoms with van der Waals surface area (Å²) >= 11 is 5.97. The van der Waals surface area contributed by atoms with Gasteiger partial charge in [-0.2, -0.15) is 0 Å². The molecule has 0 bridgehead atoms. The number of piperazine rings is 1. The summed E-state index contributed by atoms with van der Waals surface area (Å²) in [6, 6.07) is 15.7. The van der Waals surface area contributed by atoms with E-state index < -0.39 is 0 Å². The third-order valence-corrected chi connectivity index (χ3v) is 5.48. The Balaban J connectivity index is 1.30. The smallest absolute Gasteiger partial charge is 0.414 e. The van der Waals surface area contributed by atoms with Gasteiger partial charge in [0, 0.05) is 42.6 Å². The largest absolute Gasteiger partial charge is 0.447 e. The van der Waals surface area contributed by atoms with Crippen LogP contribution in [0.3, 0.4) is 0 Å². The quantitative estimate of drug-likeness (QED) is 0.616. The third-order valence-electron chi connectivity index (χ3n) is 5.23. The first-order valence-electron chi connectivity index (χ1n) is 9.69. The maximum Gasteiger partial charge on any atom is 0.414 e. The van der Waals surface area contributed by atoms with Crippen LogP contribution in [0.2, 0.25) is 5.02 Å². The van der Waals surface area contributed by atoms with Crippen LogP contribution in [-0.4, -0.2) is 56.3 Å². The van der Waals surface area contributed by atoms with Gasteiger partial charge < -0.3 is 20.3 Å². The monoisotopic (exact) mass is 413 g/mol. The number of cyclic esters (lactones) is 1. The molecule has 2 N–H and O–H groups in total. The highest BCUT2D eigenvalue weighted by Crippen LogP contribution is 2.21. The molecule has 8 heteroatoms. The first-order valence-corrected chi connectivity index (χ1v) is 10.1. The number of nitrogens with two attached hydrogens (primary N) is 1. The summed E-state index contributed by atoms with van der Waals surface area (Å²) in [4.78, 5) is 22.2. The highest BCUT2D eigenvalue weighted by molar-refractivity contribution is 6.30. The van der Waals surface area contributed by atoms with E-state index >= 15 is 0 Å². The van der Waals surface area contributed by atoms with E-state index in [9.17, 15) is 4.79 Å². The molecule has 152 valence electrons. The molecule has 2 aliphatic heterocycles. The number of rotatable bonds is 4. The van der Waals surface area contributed by atoms with Gasteiger partial charge in [-0.25, -0.2) is 9.79 Å². The Morgan fingerprint density at radius 3 is 2.24 bits per heavy atom. The first kappa shape index (κ1) is 19.4. The molecule has 2 aromatic rings. The van der Waals surface area contributed by atoms with Crippen LogP contribution < -0.4 is 15.5 Å². The molecule has 2 aromatic carbocycles. The van der Waals surface area contributed by atoms with Crippen molar-refractivity contribution in [3.05, 3.63) is 59.1 Å². The molecule has 0 saturated carbocycles. The van der Waals surface area contributed by atoms with Gasteiger partial charge in [-0.05, 0) is 42.0 Å². The van der Waals surface area contributed by atoms with Crippen LogP contribution in [0, 0.1) is 0 Å². The molecule has 0 aliphatic carbocycles. The minimum Gasteiger partial charge on any atom is -0.447 e. The summed E-state index contributed by atoms with van der Waals surface area (Å²) in [6.45, 7) is 4.96. The molecule has 0 radical (unpaired) electrons. The molecule has 0 aromatic heterocycles. The number of carbonyl (C=O) groups excluding carboxylic acids is 1. The highest BCUT2D eigenvalue weighted by Gasteiger charge is 2.23. The predicted octanol–water partition coefficient (Wildman–Crippen LogP) is 2.93. The van der Waals surface area contributed by atoms with E-state index in [0.717, 1.165) is 42.5 Å². The summed E-state index contributed by atoms with van der Waals surface area (Å²) in [5, 5.41) is 0.747. The Kier molecular flexibility index (Phi) is 5.76. The van der Waals surface area contributed by atoms with Crippen molar-refractivity contribution in [3.8, 4) is 0 Å². The van der Waals surface area contributed by atoms with Crippen molar-refractivity contribution in [1.82, 2.24) is 4.90 Å². The molecule has 29 heavy (non-hydrogen) atoms. The van der Waals surface area contributed by atoms with E-state index in [1.54, 1.807) is 4.90 Å². The van der Waals surface area contributed by atoms with Crippen LogP contribution in [0.1, 0.15) is 5.56 Å². The minimum absolute atomic E-state index is 0.294. The highest BCUT2D eigenvalue weighted by atomic mass is 35.5. The number of aliphatic imine (C=N–C) groups is 1.